The lowest BCUT2D eigenvalue weighted by atomic mass is 9.88. The normalized spacial score (nSPS) is 18.1. The van der Waals surface area contributed by atoms with E-state index in [1.807, 2.05) is 6.07 Å². The molecule has 0 fully saturated rings. The summed E-state index contributed by atoms with van der Waals surface area (Å²) in [7, 11) is 7.06. The van der Waals surface area contributed by atoms with Crippen LogP contribution in [0.25, 0.3) is 0 Å². The van der Waals surface area contributed by atoms with E-state index in [-0.39, 0.29) is 11.9 Å². The second kappa shape index (κ2) is 4.84. The molecular formula is C13H14BNO3. The number of hydrogen-bond acceptors (Lipinski definition) is 3. The first-order chi connectivity index (χ1) is 8.54. The number of carbonyl (C=O) groups excluding carboxylic acids is 2. The van der Waals surface area contributed by atoms with E-state index in [0.29, 0.717) is 18.3 Å². The first-order valence-electron chi connectivity index (χ1n) is 5.80. The number of ether oxygens (including phenoxy) is 1. The van der Waals surface area contributed by atoms with Crippen LogP contribution in [0.3, 0.4) is 0 Å². The Bertz CT molecular complexity index is 501. The van der Waals surface area contributed by atoms with Gasteiger partial charge in [0.1, 0.15) is 13.9 Å². The van der Waals surface area contributed by atoms with Crippen molar-refractivity contribution < 1.29 is 14.3 Å². The van der Waals surface area contributed by atoms with Gasteiger partial charge in [0.2, 0.25) is 5.91 Å². The van der Waals surface area contributed by atoms with E-state index in [1.165, 1.54) is 18.9 Å². The molecule has 1 heterocycles. The van der Waals surface area contributed by atoms with Crippen molar-refractivity contribution in [2.45, 2.75) is 25.8 Å². The summed E-state index contributed by atoms with van der Waals surface area (Å²) in [4.78, 5) is 25.0. The summed E-state index contributed by atoms with van der Waals surface area (Å²) in [6, 6.07) is 4.82. The summed E-state index contributed by atoms with van der Waals surface area (Å²) in [5.41, 5.74) is 2.40. The number of benzene rings is 1. The minimum absolute atomic E-state index is 0.170. The van der Waals surface area contributed by atoms with Gasteiger partial charge in [-0.05, 0) is 24.5 Å². The molecule has 0 saturated heterocycles. The van der Waals surface area contributed by atoms with Gasteiger partial charge >= 0.3 is 5.97 Å². The molecule has 92 valence electrons. The van der Waals surface area contributed by atoms with Gasteiger partial charge in [0.05, 0.1) is 7.11 Å². The molecule has 18 heavy (non-hydrogen) atoms. The summed E-state index contributed by atoms with van der Waals surface area (Å²) in [5, 5.41) is 0. The highest BCUT2D eigenvalue weighted by Gasteiger charge is 2.34. The molecule has 4 nitrogen and oxygen atoms in total. The van der Waals surface area contributed by atoms with Crippen LogP contribution in [0, 0.1) is 0 Å². The fraction of sp³-hybridized carbons (Fsp3) is 0.385. The van der Waals surface area contributed by atoms with Crippen LogP contribution in [0.1, 0.15) is 18.9 Å². The monoisotopic (exact) mass is 243 g/mol. The van der Waals surface area contributed by atoms with E-state index in [1.54, 1.807) is 12.1 Å². The number of amides is 1. The maximum atomic E-state index is 11.8. The third-order valence-corrected chi connectivity index (χ3v) is 3.17. The molecule has 0 spiro atoms. The largest absolute Gasteiger partial charge is 0.467 e. The van der Waals surface area contributed by atoms with Gasteiger partial charge < -0.3 is 4.74 Å². The third kappa shape index (κ3) is 2.12. The highest BCUT2D eigenvalue weighted by molar-refractivity contribution is 6.32. The average molecular weight is 243 g/mol. The second-order valence-electron chi connectivity index (χ2n) is 4.35. The van der Waals surface area contributed by atoms with Crippen molar-refractivity contribution in [2.75, 3.05) is 12.0 Å². The van der Waals surface area contributed by atoms with Crippen molar-refractivity contribution in [1.29, 1.82) is 0 Å². The summed E-state index contributed by atoms with van der Waals surface area (Å²) < 4.78 is 4.75. The number of anilines is 1. The van der Waals surface area contributed by atoms with Gasteiger partial charge in [0.25, 0.3) is 0 Å². The molecular weight excluding hydrogens is 229 g/mol. The number of fused-ring (bicyclic) bond motifs is 1. The van der Waals surface area contributed by atoms with Crippen molar-refractivity contribution in [3.05, 3.63) is 23.8 Å². The van der Waals surface area contributed by atoms with Gasteiger partial charge in [-0.2, -0.15) is 0 Å². The Morgan fingerprint density at radius 1 is 1.44 bits per heavy atom. The number of nitrogens with zero attached hydrogens (tertiary/aromatic N) is 1. The van der Waals surface area contributed by atoms with Crippen LogP contribution in [0.15, 0.2) is 18.2 Å². The van der Waals surface area contributed by atoms with Gasteiger partial charge in [0, 0.05) is 12.6 Å². The van der Waals surface area contributed by atoms with Gasteiger partial charge in [0.15, 0.2) is 0 Å². The van der Waals surface area contributed by atoms with E-state index in [0.717, 1.165) is 11.3 Å². The standard InChI is InChI=1S/C13H14BNO3/c1-8(16)15-11-6-4-10(14)7-9(11)3-5-12(15)13(17)18-2/h4,6-7,12H,3,5H2,1-2H3. The molecule has 0 saturated carbocycles. The molecule has 1 aromatic rings. The lowest BCUT2D eigenvalue weighted by molar-refractivity contribution is -0.143. The number of rotatable bonds is 1. The van der Waals surface area contributed by atoms with E-state index in [2.05, 4.69) is 0 Å². The Hall–Kier alpha value is -1.78. The van der Waals surface area contributed by atoms with Crippen LogP contribution >= 0.6 is 0 Å². The fourth-order valence-electron chi connectivity index (χ4n) is 2.38. The Labute approximate surface area is 107 Å². The summed E-state index contributed by atoms with van der Waals surface area (Å²) >= 11 is 0. The van der Waals surface area contributed by atoms with Crippen molar-refractivity contribution in [3.8, 4) is 0 Å². The quantitative estimate of drug-likeness (QED) is 0.527. The molecule has 1 aliphatic heterocycles. The van der Waals surface area contributed by atoms with Gasteiger partial charge in [-0.15, -0.1) is 0 Å². The molecule has 0 aromatic heterocycles. The van der Waals surface area contributed by atoms with Gasteiger partial charge in [-0.3, -0.25) is 9.69 Å². The highest BCUT2D eigenvalue weighted by Crippen LogP contribution is 2.30. The lowest BCUT2D eigenvalue weighted by Crippen LogP contribution is -2.48. The zero-order valence-corrected chi connectivity index (χ0v) is 10.5. The minimum atomic E-state index is -0.538. The van der Waals surface area contributed by atoms with Crippen molar-refractivity contribution in [2.24, 2.45) is 0 Å². The maximum Gasteiger partial charge on any atom is 0.328 e. The average Bonchev–Trinajstić information content (AvgIpc) is 2.35. The molecule has 1 unspecified atom stereocenters. The van der Waals surface area contributed by atoms with Crippen molar-refractivity contribution >= 4 is 30.9 Å². The van der Waals surface area contributed by atoms with Crippen LogP contribution in [0.4, 0.5) is 5.69 Å². The molecule has 0 N–H and O–H groups in total. The molecule has 1 amide bonds. The van der Waals surface area contributed by atoms with Crippen LogP contribution in [0.5, 0.6) is 0 Å². The summed E-state index contributed by atoms with van der Waals surface area (Å²) in [5.74, 6) is -0.552. The maximum absolute atomic E-state index is 11.8. The first kappa shape index (κ1) is 12.7. The fourth-order valence-corrected chi connectivity index (χ4v) is 2.38. The minimum Gasteiger partial charge on any atom is -0.467 e. The van der Waals surface area contributed by atoms with Gasteiger partial charge in [-0.1, -0.05) is 17.6 Å². The predicted molar refractivity (Wildman–Crippen MR) is 69.1 cm³/mol. The SMILES string of the molecule is [B]c1ccc2c(c1)CCC(C(=O)OC)N2C(C)=O. The first-order valence-corrected chi connectivity index (χ1v) is 5.80. The van der Waals surface area contributed by atoms with Gasteiger partial charge in [-0.25, -0.2) is 4.79 Å². The van der Waals surface area contributed by atoms with E-state index < -0.39 is 6.04 Å². The smallest absolute Gasteiger partial charge is 0.328 e. The van der Waals surface area contributed by atoms with Crippen LogP contribution in [-0.2, 0) is 20.7 Å². The molecule has 1 aliphatic rings. The summed E-state index contributed by atoms with van der Waals surface area (Å²) in [6.45, 7) is 1.45. The zero-order chi connectivity index (χ0) is 13.3. The molecule has 2 radical (unpaired) electrons. The second-order valence-corrected chi connectivity index (χ2v) is 4.35. The van der Waals surface area contributed by atoms with Crippen LogP contribution in [-0.4, -0.2) is 32.9 Å². The lowest BCUT2D eigenvalue weighted by Gasteiger charge is -2.35. The number of esters is 1. The summed E-state index contributed by atoms with van der Waals surface area (Å²) in [6.07, 6.45) is 1.27. The molecule has 1 aromatic carbocycles. The third-order valence-electron chi connectivity index (χ3n) is 3.17. The van der Waals surface area contributed by atoms with Crippen LogP contribution < -0.4 is 10.4 Å². The number of hydrogen-bond donors (Lipinski definition) is 0. The number of aryl methyl sites for hydroxylation is 1. The van der Waals surface area contributed by atoms with Crippen molar-refractivity contribution in [1.82, 2.24) is 0 Å². The van der Waals surface area contributed by atoms with E-state index in [4.69, 9.17) is 12.6 Å². The molecule has 5 heteroatoms. The predicted octanol–water partition coefficient (Wildman–Crippen LogP) is 0.321. The molecule has 1 atom stereocenters. The Morgan fingerprint density at radius 2 is 2.17 bits per heavy atom. The zero-order valence-electron chi connectivity index (χ0n) is 10.5. The molecule has 2 rings (SSSR count). The van der Waals surface area contributed by atoms with E-state index >= 15 is 0 Å². The molecule has 0 aliphatic carbocycles. The molecule has 0 bridgehead atoms. The Kier molecular flexibility index (Phi) is 3.41. The Morgan fingerprint density at radius 3 is 2.78 bits per heavy atom. The number of methoxy groups -OCH3 is 1. The van der Waals surface area contributed by atoms with Crippen molar-refractivity contribution in [3.63, 3.8) is 0 Å². The topological polar surface area (TPSA) is 46.6 Å². The Balaban J connectivity index is 2.45. The van der Waals surface area contributed by atoms with Crippen LogP contribution in [0.2, 0.25) is 0 Å². The highest BCUT2D eigenvalue weighted by atomic mass is 16.5. The van der Waals surface area contributed by atoms with E-state index in [9.17, 15) is 9.59 Å². The number of carbonyl (C=O) groups is 2.